The van der Waals surface area contributed by atoms with Gasteiger partial charge in [0.1, 0.15) is 0 Å². The summed E-state index contributed by atoms with van der Waals surface area (Å²) in [5.74, 6) is 0. The van der Waals surface area contributed by atoms with Crippen molar-refractivity contribution < 1.29 is 9.47 Å². The summed E-state index contributed by atoms with van der Waals surface area (Å²) >= 11 is 0. The topological polar surface area (TPSA) is 21.7 Å². The Morgan fingerprint density at radius 1 is 0.341 bits per heavy atom. The van der Waals surface area contributed by atoms with E-state index < -0.39 is 0 Å². The Bertz CT molecular complexity index is 513. The van der Waals surface area contributed by atoms with Gasteiger partial charge in [-0.1, -0.05) is 154 Å². The zero-order valence-corrected chi connectivity index (χ0v) is 30.6. The molecule has 0 aromatic rings. The summed E-state index contributed by atoms with van der Waals surface area (Å²) in [5.41, 5.74) is 0. The van der Waals surface area contributed by atoms with Crippen molar-refractivity contribution >= 4 is 0 Å². The SMILES string of the molecule is CCCCCCCCCCCC=CCCCCCOCCN(C)CCOCCCCCC=CCCCCCCCCCCC. The molecule has 0 heterocycles. The molecule has 0 aliphatic rings. The third-order valence-corrected chi connectivity index (χ3v) is 8.84. The number of likely N-dealkylation sites (N-methyl/N-ethyl adjacent to an activating group) is 1. The molecule has 44 heavy (non-hydrogen) atoms. The van der Waals surface area contributed by atoms with Crippen LogP contribution < -0.4 is 0 Å². The van der Waals surface area contributed by atoms with Crippen molar-refractivity contribution in [1.82, 2.24) is 4.90 Å². The zero-order chi connectivity index (χ0) is 31.9. The summed E-state index contributed by atoms with van der Waals surface area (Å²) in [7, 11) is 2.18. The van der Waals surface area contributed by atoms with Crippen LogP contribution in [0.3, 0.4) is 0 Å². The van der Waals surface area contributed by atoms with Gasteiger partial charge in [-0.3, -0.25) is 0 Å². The van der Waals surface area contributed by atoms with Gasteiger partial charge < -0.3 is 14.4 Å². The highest BCUT2D eigenvalue weighted by molar-refractivity contribution is 4.82. The molecule has 0 amide bonds. The van der Waals surface area contributed by atoms with E-state index in [0.29, 0.717) is 0 Å². The average molecular weight is 620 g/mol. The van der Waals surface area contributed by atoms with Crippen LogP contribution in [-0.4, -0.2) is 51.5 Å². The first-order chi connectivity index (χ1) is 21.8. The summed E-state index contributed by atoms with van der Waals surface area (Å²) in [5, 5.41) is 0. The molecule has 0 aliphatic carbocycles. The second-order valence-electron chi connectivity index (χ2n) is 13.4. The average Bonchev–Trinajstić information content (AvgIpc) is 3.03. The third kappa shape index (κ3) is 39.4. The van der Waals surface area contributed by atoms with Gasteiger partial charge in [-0.15, -0.1) is 0 Å². The first kappa shape index (κ1) is 43.4. The number of ether oxygens (including phenoxy) is 2. The zero-order valence-electron chi connectivity index (χ0n) is 30.6. The van der Waals surface area contributed by atoms with Crippen molar-refractivity contribution in [3.8, 4) is 0 Å². The van der Waals surface area contributed by atoms with E-state index in [-0.39, 0.29) is 0 Å². The Labute approximate surface area is 278 Å². The van der Waals surface area contributed by atoms with Gasteiger partial charge in [-0.25, -0.2) is 0 Å². The number of hydrogen-bond donors (Lipinski definition) is 0. The molecule has 0 rings (SSSR count). The summed E-state index contributed by atoms with van der Waals surface area (Å²) < 4.78 is 11.7. The molecule has 0 spiro atoms. The fourth-order valence-electron chi connectivity index (χ4n) is 5.66. The van der Waals surface area contributed by atoms with Gasteiger partial charge in [0.2, 0.25) is 0 Å². The molecule has 3 nitrogen and oxygen atoms in total. The smallest absolute Gasteiger partial charge is 0.0593 e. The largest absolute Gasteiger partial charge is 0.380 e. The van der Waals surface area contributed by atoms with E-state index in [4.69, 9.17) is 9.47 Å². The van der Waals surface area contributed by atoms with E-state index in [1.165, 1.54) is 180 Å². The van der Waals surface area contributed by atoms with Crippen LogP contribution >= 0.6 is 0 Å². The van der Waals surface area contributed by atoms with Gasteiger partial charge in [0.05, 0.1) is 13.2 Å². The van der Waals surface area contributed by atoms with Crippen LogP contribution in [0.4, 0.5) is 0 Å². The molecular weight excluding hydrogens is 538 g/mol. The van der Waals surface area contributed by atoms with E-state index >= 15 is 0 Å². The molecule has 262 valence electrons. The number of allylic oxidation sites excluding steroid dienone is 4. The predicted octanol–water partition coefficient (Wildman–Crippen LogP) is 13.0. The van der Waals surface area contributed by atoms with E-state index in [1.54, 1.807) is 0 Å². The second kappa shape index (κ2) is 40.4. The van der Waals surface area contributed by atoms with Crippen molar-refractivity contribution in [2.24, 2.45) is 0 Å². The monoisotopic (exact) mass is 620 g/mol. The number of rotatable bonds is 38. The lowest BCUT2D eigenvalue weighted by atomic mass is 10.1. The fourth-order valence-corrected chi connectivity index (χ4v) is 5.66. The Morgan fingerprint density at radius 3 is 0.932 bits per heavy atom. The second-order valence-corrected chi connectivity index (χ2v) is 13.4. The Morgan fingerprint density at radius 2 is 0.614 bits per heavy atom. The molecule has 0 saturated carbocycles. The maximum Gasteiger partial charge on any atom is 0.0593 e. The van der Waals surface area contributed by atoms with Crippen LogP contribution in [0.1, 0.15) is 194 Å². The quantitative estimate of drug-likeness (QED) is 0.0507. The summed E-state index contributed by atoms with van der Waals surface area (Å²) in [6.45, 7) is 10.1. The highest BCUT2D eigenvalue weighted by Gasteiger charge is 1.99. The molecule has 0 atom stereocenters. The minimum Gasteiger partial charge on any atom is -0.380 e. The van der Waals surface area contributed by atoms with Gasteiger partial charge in [-0.2, -0.15) is 0 Å². The number of nitrogens with zero attached hydrogens (tertiary/aromatic N) is 1. The van der Waals surface area contributed by atoms with E-state index in [0.717, 1.165) is 39.5 Å². The third-order valence-electron chi connectivity index (χ3n) is 8.84. The Balaban J connectivity index is 3.22. The first-order valence-corrected chi connectivity index (χ1v) is 19.9. The van der Waals surface area contributed by atoms with Crippen LogP contribution in [-0.2, 0) is 9.47 Å². The summed E-state index contributed by atoms with van der Waals surface area (Å²) in [4.78, 5) is 2.33. The summed E-state index contributed by atoms with van der Waals surface area (Å²) in [6, 6.07) is 0. The van der Waals surface area contributed by atoms with Gasteiger partial charge in [0.15, 0.2) is 0 Å². The maximum absolute atomic E-state index is 5.86. The lowest BCUT2D eigenvalue weighted by molar-refractivity contribution is 0.0815. The van der Waals surface area contributed by atoms with Crippen LogP contribution in [0, 0.1) is 0 Å². The highest BCUT2D eigenvalue weighted by atomic mass is 16.5. The summed E-state index contributed by atoms with van der Waals surface area (Å²) in [6.07, 6.45) is 47.7. The van der Waals surface area contributed by atoms with Gasteiger partial charge in [0.25, 0.3) is 0 Å². The van der Waals surface area contributed by atoms with Crippen molar-refractivity contribution in [2.75, 3.05) is 46.6 Å². The molecule has 0 N–H and O–H groups in total. The fraction of sp³-hybridized carbons (Fsp3) is 0.902. The lowest BCUT2D eigenvalue weighted by Crippen LogP contribution is -2.27. The minimum absolute atomic E-state index is 0.835. The molecule has 0 saturated heterocycles. The number of hydrogen-bond acceptors (Lipinski definition) is 3. The van der Waals surface area contributed by atoms with Crippen LogP contribution in [0.5, 0.6) is 0 Å². The molecular formula is C41H81NO2. The van der Waals surface area contributed by atoms with Crippen molar-refractivity contribution in [3.63, 3.8) is 0 Å². The maximum atomic E-state index is 5.86. The molecule has 0 fully saturated rings. The normalized spacial score (nSPS) is 12.1. The van der Waals surface area contributed by atoms with Crippen molar-refractivity contribution in [1.29, 1.82) is 0 Å². The van der Waals surface area contributed by atoms with Crippen molar-refractivity contribution in [2.45, 2.75) is 194 Å². The van der Waals surface area contributed by atoms with Gasteiger partial charge in [-0.05, 0) is 71.3 Å². The Kier molecular flexibility index (Phi) is 39.8. The van der Waals surface area contributed by atoms with E-state index in [9.17, 15) is 0 Å². The van der Waals surface area contributed by atoms with Crippen molar-refractivity contribution in [3.05, 3.63) is 24.3 Å². The predicted molar refractivity (Wildman–Crippen MR) is 198 cm³/mol. The van der Waals surface area contributed by atoms with Crippen LogP contribution in [0.15, 0.2) is 24.3 Å². The molecule has 0 aromatic heterocycles. The van der Waals surface area contributed by atoms with E-state index in [1.807, 2.05) is 0 Å². The highest BCUT2D eigenvalue weighted by Crippen LogP contribution is 2.12. The van der Waals surface area contributed by atoms with Gasteiger partial charge >= 0.3 is 0 Å². The van der Waals surface area contributed by atoms with Crippen LogP contribution in [0.2, 0.25) is 0 Å². The Hall–Kier alpha value is -0.640. The van der Waals surface area contributed by atoms with E-state index in [2.05, 4.69) is 50.1 Å². The standard InChI is InChI=1S/C41H81NO2/c1-4-6-8-10-12-14-16-18-20-22-24-26-28-30-32-34-38-43-40-36-42(3)37-41-44-39-35-33-31-29-27-25-23-21-19-17-15-13-11-9-7-5-2/h24-27H,4-23,28-41H2,1-3H3. The molecule has 0 unspecified atom stereocenters. The number of unbranched alkanes of at least 4 members (excludes halogenated alkanes) is 24. The lowest BCUT2D eigenvalue weighted by Gasteiger charge is -2.16. The molecule has 3 heteroatoms. The molecule has 0 aromatic carbocycles. The molecule has 0 radical (unpaired) electrons. The van der Waals surface area contributed by atoms with Crippen LogP contribution in [0.25, 0.3) is 0 Å². The molecule has 0 aliphatic heterocycles. The first-order valence-electron chi connectivity index (χ1n) is 19.9. The van der Waals surface area contributed by atoms with Gasteiger partial charge in [0, 0.05) is 26.3 Å². The minimum atomic E-state index is 0.835. The molecule has 0 bridgehead atoms.